The van der Waals surface area contributed by atoms with E-state index in [0.717, 1.165) is 17.5 Å². The Balaban J connectivity index is 2.63. The van der Waals surface area contributed by atoms with Crippen molar-refractivity contribution in [3.8, 4) is 0 Å². The number of allylic oxidation sites excluding steroid dienone is 1. The Morgan fingerprint density at radius 1 is 1.45 bits per heavy atom. The van der Waals surface area contributed by atoms with Crippen molar-refractivity contribution < 1.29 is 0 Å². The molecule has 0 saturated carbocycles. The average Bonchev–Trinajstić information content (AvgIpc) is 2.06. The van der Waals surface area contributed by atoms with Crippen molar-refractivity contribution in [2.24, 2.45) is 0 Å². The van der Waals surface area contributed by atoms with Gasteiger partial charge in [0.25, 0.3) is 0 Å². The van der Waals surface area contributed by atoms with E-state index in [0.29, 0.717) is 5.71 Å². The molecular formula is C9H8N2. The molecule has 1 aliphatic carbocycles. The lowest BCUT2D eigenvalue weighted by Crippen LogP contribution is -2.03. The Bertz CT molecular complexity index is 326. The maximum atomic E-state index is 7.59. The van der Waals surface area contributed by atoms with Gasteiger partial charge in [-0.2, -0.15) is 0 Å². The molecule has 1 aromatic heterocycles. The number of pyridine rings is 1. The van der Waals surface area contributed by atoms with Gasteiger partial charge in [0.1, 0.15) is 0 Å². The standard InChI is InChI=1S/C9H8N2/c10-9-3-1-2-7-6-11-5-4-8(7)9/h1-2,4-6,10H,3H2. The first-order chi connectivity index (χ1) is 5.38. The molecule has 0 radical (unpaired) electrons. The fourth-order valence-electron chi connectivity index (χ4n) is 1.23. The van der Waals surface area contributed by atoms with Crippen molar-refractivity contribution in [2.45, 2.75) is 6.42 Å². The summed E-state index contributed by atoms with van der Waals surface area (Å²) >= 11 is 0. The molecule has 0 spiro atoms. The molecule has 0 saturated heterocycles. The molecule has 2 heteroatoms. The maximum Gasteiger partial charge on any atom is 0.0431 e. The predicted molar refractivity (Wildman–Crippen MR) is 44.7 cm³/mol. The highest BCUT2D eigenvalue weighted by Crippen LogP contribution is 2.16. The molecule has 0 amide bonds. The van der Waals surface area contributed by atoms with Crippen molar-refractivity contribution in [2.75, 3.05) is 0 Å². The molecule has 1 aromatic rings. The van der Waals surface area contributed by atoms with E-state index < -0.39 is 0 Å². The molecule has 1 aliphatic rings. The molecule has 0 aromatic carbocycles. The molecule has 2 nitrogen and oxygen atoms in total. The minimum atomic E-state index is 0.685. The first-order valence-corrected chi connectivity index (χ1v) is 3.56. The molecular weight excluding hydrogens is 136 g/mol. The maximum absolute atomic E-state index is 7.59. The van der Waals surface area contributed by atoms with Crippen molar-refractivity contribution in [1.29, 1.82) is 5.41 Å². The third kappa shape index (κ3) is 0.963. The highest BCUT2D eigenvalue weighted by atomic mass is 14.6. The van der Waals surface area contributed by atoms with E-state index in [1.54, 1.807) is 12.4 Å². The van der Waals surface area contributed by atoms with Gasteiger partial charge in [0.2, 0.25) is 0 Å². The number of rotatable bonds is 0. The van der Waals surface area contributed by atoms with E-state index in [4.69, 9.17) is 5.41 Å². The van der Waals surface area contributed by atoms with Gasteiger partial charge in [-0.3, -0.25) is 4.98 Å². The van der Waals surface area contributed by atoms with Crippen LogP contribution in [-0.4, -0.2) is 10.7 Å². The summed E-state index contributed by atoms with van der Waals surface area (Å²) < 4.78 is 0. The van der Waals surface area contributed by atoms with E-state index in [1.807, 2.05) is 18.2 Å². The second-order valence-corrected chi connectivity index (χ2v) is 2.55. The van der Waals surface area contributed by atoms with Crippen molar-refractivity contribution in [1.82, 2.24) is 4.98 Å². The number of fused-ring (bicyclic) bond motifs is 1. The quantitative estimate of drug-likeness (QED) is 0.592. The number of nitrogens with zero attached hydrogens (tertiary/aromatic N) is 1. The molecule has 11 heavy (non-hydrogen) atoms. The van der Waals surface area contributed by atoms with Gasteiger partial charge in [-0.1, -0.05) is 12.2 Å². The van der Waals surface area contributed by atoms with Gasteiger partial charge in [-0.05, 0) is 6.07 Å². The zero-order valence-electron chi connectivity index (χ0n) is 6.04. The second-order valence-electron chi connectivity index (χ2n) is 2.55. The fourth-order valence-corrected chi connectivity index (χ4v) is 1.23. The third-order valence-corrected chi connectivity index (χ3v) is 1.80. The number of nitrogens with one attached hydrogen (secondary N) is 1. The van der Waals surface area contributed by atoms with Crippen molar-refractivity contribution in [3.05, 3.63) is 35.7 Å². The van der Waals surface area contributed by atoms with Crippen LogP contribution in [0.5, 0.6) is 0 Å². The van der Waals surface area contributed by atoms with Crippen LogP contribution in [0.2, 0.25) is 0 Å². The number of hydrogen-bond acceptors (Lipinski definition) is 2. The first kappa shape index (κ1) is 6.28. The topological polar surface area (TPSA) is 36.7 Å². The Hall–Kier alpha value is -1.44. The molecule has 0 unspecified atom stereocenters. The van der Waals surface area contributed by atoms with Crippen LogP contribution in [0.15, 0.2) is 24.5 Å². The van der Waals surface area contributed by atoms with Crippen LogP contribution in [0.25, 0.3) is 6.08 Å². The van der Waals surface area contributed by atoms with Crippen LogP contribution < -0.4 is 0 Å². The van der Waals surface area contributed by atoms with Gasteiger partial charge in [0, 0.05) is 35.7 Å². The summed E-state index contributed by atoms with van der Waals surface area (Å²) in [4.78, 5) is 3.98. The summed E-state index contributed by atoms with van der Waals surface area (Å²) in [5, 5.41) is 7.59. The van der Waals surface area contributed by atoms with Gasteiger partial charge in [0.15, 0.2) is 0 Å². The summed E-state index contributed by atoms with van der Waals surface area (Å²) in [5.41, 5.74) is 2.76. The predicted octanol–water partition coefficient (Wildman–Crippen LogP) is 1.87. The van der Waals surface area contributed by atoms with E-state index in [-0.39, 0.29) is 0 Å². The van der Waals surface area contributed by atoms with E-state index in [2.05, 4.69) is 4.98 Å². The lowest BCUT2D eigenvalue weighted by molar-refractivity contribution is 1.26. The van der Waals surface area contributed by atoms with Gasteiger partial charge < -0.3 is 5.41 Å². The van der Waals surface area contributed by atoms with E-state index >= 15 is 0 Å². The largest absolute Gasteiger partial charge is 0.304 e. The fraction of sp³-hybridized carbons (Fsp3) is 0.111. The third-order valence-electron chi connectivity index (χ3n) is 1.80. The molecule has 0 aliphatic heterocycles. The highest BCUT2D eigenvalue weighted by Gasteiger charge is 2.07. The summed E-state index contributed by atoms with van der Waals surface area (Å²) in [6, 6.07) is 1.89. The van der Waals surface area contributed by atoms with Crippen LogP contribution in [0, 0.1) is 5.41 Å². The van der Waals surface area contributed by atoms with Crippen molar-refractivity contribution in [3.63, 3.8) is 0 Å². The molecule has 1 heterocycles. The zero-order valence-corrected chi connectivity index (χ0v) is 6.04. The van der Waals surface area contributed by atoms with Crippen LogP contribution in [0.3, 0.4) is 0 Å². The number of aromatic nitrogens is 1. The van der Waals surface area contributed by atoms with Crippen LogP contribution >= 0.6 is 0 Å². The van der Waals surface area contributed by atoms with E-state index in [9.17, 15) is 0 Å². The minimum absolute atomic E-state index is 0.685. The molecule has 54 valence electrons. The first-order valence-electron chi connectivity index (χ1n) is 3.56. The summed E-state index contributed by atoms with van der Waals surface area (Å²) in [5.74, 6) is 0. The molecule has 0 bridgehead atoms. The Labute approximate surface area is 65.1 Å². The summed E-state index contributed by atoms with van der Waals surface area (Å²) in [6.45, 7) is 0. The average molecular weight is 144 g/mol. The van der Waals surface area contributed by atoms with E-state index in [1.165, 1.54) is 0 Å². The molecule has 0 atom stereocenters. The monoisotopic (exact) mass is 144 g/mol. The van der Waals surface area contributed by atoms with Crippen LogP contribution in [0.1, 0.15) is 17.5 Å². The molecule has 1 N–H and O–H groups in total. The molecule has 0 fully saturated rings. The summed E-state index contributed by atoms with van der Waals surface area (Å²) in [6.07, 6.45) is 8.27. The van der Waals surface area contributed by atoms with Gasteiger partial charge in [-0.25, -0.2) is 0 Å². The smallest absolute Gasteiger partial charge is 0.0431 e. The van der Waals surface area contributed by atoms with Gasteiger partial charge >= 0.3 is 0 Å². The van der Waals surface area contributed by atoms with Crippen LogP contribution in [-0.2, 0) is 0 Å². The summed E-state index contributed by atoms with van der Waals surface area (Å²) in [7, 11) is 0. The highest BCUT2D eigenvalue weighted by molar-refractivity contribution is 6.04. The Morgan fingerprint density at radius 3 is 3.18 bits per heavy atom. The lowest BCUT2D eigenvalue weighted by atomic mass is 9.98. The normalized spacial score (nSPS) is 14.7. The SMILES string of the molecule is N=C1CC=Cc2cnccc21. The van der Waals surface area contributed by atoms with Crippen LogP contribution in [0.4, 0.5) is 0 Å². The Morgan fingerprint density at radius 2 is 2.36 bits per heavy atom. The molecule has 2 rings (SSSR count). The second kappa shape index (κ2) is 2.31. The minimum Gasteiger partial charge on any atom is -0.304 e. The lowest BCUT2D eigenvalue weighted by Gasteiger charge is -2.09. The van der Waals surface area contributed by atoms with Gasteiger partial charge in [-0.15, -0.1) is 0 Å². The Kier molecular flexibility index (Phi) is 1.32. The van der Waals surface area contributed by atoms with Gasteiger partial charge in [0.05, 0.1) is 0 Å². The van der Waals surface area contributed by atoms with Crippen molar-refractivity contribution >= 4 is 11.8 Å². The number of hydrogen-bond donors (Lipinski definition) is 1. The zero-order chi connectivity index (χ0) is 7.68.